The SMILES string of the molecule is CC(C)COC1CC(NCC(C(C)C)N(C)C)C1(C)C. The number of hydrogen-bond acceptors (Lipinski definition) is 3. The Labute approximate surface area is 126 Å². The van der Waals surface area contributed by atoms with Gasteiger partial charge in [-0.15, -0.1) is 0 Å². The highest BCUT2D eigenvalue weighted by molar-refractivity contribution is 5.03. The van der Waals surface area contributed by atoms with E-state index in [-0.39, 0.29) is 5.41 Å². The highest BCUT2D eigenvalue weighted by Crippen LogP contribution is 2.43. The van der Waals surface area contributed by atoms with E-state index in [2.05, 4.69) is 65.9 Å². The average molecular weight is 284 g/mol. The van der Waals surface area contributed by atoms with Gasteiger partial charge in [0.05, 0.1) is 6.10 Å². The van der Waals surface area contributed by atoms with Gasteiger partial charge in [0.1, 0.15) is 0 Å². The molecule has 0 aromatic carbocycles. The summed E-state index contributed by atoms with van der Waals surface area (Å²) in [5.41, 5.74) is 0.253. The summed E-state index contributed by atoms with van der Waals surface area (Å²) in [7, 11) is 4.35. The van der Waals surface area contributed by atoms with Crippen molar-refractivity contribution >= 4 is 0 Å². The van der Waals surface area contributed by atoms with Crippen LogP contribution in [0.5, 0.6) is 0 Å². The van der Waals surface area contributed by atoms with Crippen LogP contribution in [0, 0.1) is 17.3 Å². The molecule has 0 saturated heterocycles. The van der Waals surface area contributed by atoms with E-state index in [1.807, 2.05) is 0 Å². The van der Waals surface area contributed by atoms with Crippen LogP contribution in [-0.4, -0.2) is 50.3 Å². The van der Waals surface area contributed by atoms with Crippen LogP contribution in [0.4, 0.5) is 0 Å². The van der Waals surface area contributed by atoms with E-state index in [1.165, 1.54) is 0 Å². The summed E-state index contributed by atoms with van der Waals surface area (Å²) in [6.07, 6.45) is 1.57. The van der Waals surface area contributed by atoms with Crippen LogP contribution < -0.4 is 5.32 Å². The smallest absolute Gasteiger partial charge is 0.0656 e. The number of likely N-dealkylation sites (N-methyl/N-ethyl adjacent to an activating group) is 1. The van der Waals surface area contributed by atoms with Crippen molar-refractivity contribution in [3.8, 4) is 0 Å². The molecule has 0 radical (unpaired) electrons. The fourth-order valence-electron chi connectivity index (χ4n) is 3.10. The maximum Gasteiger partial charge on any atom is 0.0656 e. The fraction of sp³-hybridized carbons (Fsp3) is 1.00. The van der Waals surface area contributed by atoms with Gasteiger partial charge in [-0.1, -0.05) is 41.5 Å². The zero-order valence-corrected chi connectivity index (χ0v) is 14.9. The Kier molecular flexibility index (Phi) is 6.49. The van der Waals surface area contributed by atoms with Gasteiger partial charge >= 0.3 is 0 Å². The third-order valence-electron chi connectivity index (χ3n) is 4.81. The molecule has 20 heavy (non-hydrogen) atoms. The molecule has 120 valence electrons. The number of rotatable bonds is 8. The summed E-state index contributed by atoms with van der Waals surface area (Å²) in [5.74, 6) is 1.30. The molecule has 3 atom stereocenters. The van der Waals surface area contributed by atoms with Gasteiger partial charge in [0.25, 0.3) is 0 Å². The van der Waals surface area contributed by atoms with E-state index in [4.69, 9.17) is 4.74 Å². The molecular weight excluding hydrogens is 248 g/mol. The first kappa shape index (κ1) is 17.9. The van der Waals surface area contributed by atoms with Gasteiger partial charge in [-0.2, -0.15) is 0 Å². The van der Waals surface area contributed by atoms with Crippen LogP contribution >= 0.6 is 0 Å². The van der Waals surface area contributed by atoms with Crippen molar-refractivity contribution in [2.24, 2.45) is 17.3 Å². The molecular formula is C17H36N2O. The first-order chi connectivity index (χ1) is 9.16. The van der Waals surface area contributed by atoms with Crippen molar-refractivity contribution < 1.29 is 4.74 Å². The van der Waals surface area contributed by atoms with Crippen molar-refractivity contribution in [3.63, 3.8) is 0 Å². The van der Waals surface area contributed by atoms with Gasteiger partial charge < -0.3 is 15.0 Å². The lowest BCUT2D eigenvalue weighted by Gasteiger charge is -2.52. The predicted molar refractivity (Wildman–Crippen MR) is 87.1 cm³/mol. The fourth-order valence-corrected chi connectivity index (χ4v) is 3.10. The Morgan fingerprint density at radius 1 is 1.20 bits per heavy atom. The van der Waals surface area contributed by atoms with Crippen LogP contribution in [0.2, 0.25) is 0 Å². The minimum atomic E-state index is 0.253. The van der Waals surface area contributed by atoms with Gasteiger partial charge in [0, 0.05) is 30.7 Å². The quantitative estimate of drug-likeness (QED) is 0.741. The van der Waals surface area contributed by atoms with E-state index < -0.39 is 0 Å². The van der Waals surface area contributed by atoms with Crippen molar-refractivity contribution in [1.29, 1.82) is 0 Å². The molecule has 0 aliphatic heterocycles. The molecule has 0 aromatic heterocycles. The molecule has 0 spiro atoms. The van der Waals surface area contributed by atoms with Crippen LogP contribution in [0.25, 0.3) is 0 Å². The molecule has 0 heterocycles. The number of nitrogens with zero attached hydrogens (tertiary/aromatic N) is 1. The minimum Gasteiger partial charge on any atom is -0.377 e. The van der Waals surface area contributed by atoms with E-state index in [0.29, 0.717) is 30.0 Å². The first-order valence-corrected chi connectivity index (χ1v) is 8.17. The molecule has 1 N–H and O–H groups in total. The van der Waals surface area contributed by atoms with E-state index >= 15 is 0 Å². The topological polar surface area (TPSA) is 24.5 Å². The third-order valence-corrected chi connectivity index (χ3v) is 4.81. The van der Waals surface area contributed by atoms with Crippen LogP contribution in [0.15, 0.2) is 0 Å². The Morgan fingerprint density at radius 2 is 1.80 bits per heavy atom. The van der Waals surface area contributed by atoms with Crippen LogP contribution in [-0.2, 0) is 4.74 Å². The molecule has 1 aliphatic rings. The molecule has 1 aliphatic carbocycles. The monoisotopic (exact) mass is 284 g/mol. The number of nitrogens with one attached hydrogen (secondary N) is 1. The lowest BCUT2D eigenvalue weighted by atomic mass is 9.64. The molecule has 3 nitrogen and oxygen atoms in total. The molecule has 3 unspecified atom stereocenters. The molecule has 1 saturated carbocycles. The predicted octanol–water partition coefficient (Wildman–Crippen LogP) is 3.00. The van der Waals surface area contributed by atoms with Gasteiger partial charge in [0.2, 0.25) is 0 Å². The van der Waals surface area contributed by atoms with Gasteiger partial charge in [-0.25, -0.2) is 0 Å². The molecule has 1 fully saturated rings. The van der Waals surface area contributed by atoms with Gasteiger partial charge in [0.15, 0.2) is 0 Å². The maximum absolute atomic E-state index is 6.04. The Balaban J connectivity index is 2.40. The normalized spacial score (nSPS) is 27.1. The number of hydrogen-bond donors (Lipinski definition) is 1. The molecule has 1 rings (SSSR count). The standard InChI is InChI=1S/C17H36N2O/c1-12(2)11-20-16-9-15(17(16,5)6)18-10-14(13(3)4)19(7)8/h12-16,18H,9-11H2,1-8H3. The highest BCUT2D eigenvalue weighted by atomic mass is 16.5. The van der Waals surface area contributed by atoms with Gasteiger partial charge in [-0.05, 0) is 32.4 Å². The Bertz CT molecular complexity index is 279. The van der Waals surface area contributed by atoms with Crippen LogP contribution in [0.1, 0.15) is 48.0 Å². The summed E-state index contributed by atoms with van der Waals surface area (Å²) in [5, 5.41) is 3.77. The molecule has 0 aromatic rings. The summed E-state index contributed by atoms with van der Waals surface area (Å²) in [4.78, 5) is 2.33. The second kappa shape index (κ2) is 7.24. The second-order valence-corrected chi connectivity index (χ2v) is 8.01. The largest absolute Gasteiger partial charge is 0.377 e. The lowest BCUT2D eigenvalue weighted by Crippen LogP contribution is -2.62. The Morgan fingerprint density at radius 3 is 2.20 bits per heavy atom. The molecule has 0 amide bonds. The maximum atomic E-state index is 6.04. The lowest BCUT2D eigenvalue weighted by molar-refractivity contribution is -0.124. The van der Waals surface area contributed by atoms with Crippen molar-refractivity contribution in [2.45, 2.75) is 66.2 Å². The van der Waals surface area contributed by atoms with Crippen molar-refractivity contribution in [2.75, 3.05) is 27.2 Å². The first-order valence-electron chi connectivity index (χ1n) is 8.17. The van der Waals surface area contributed by atoms with Crippen molar-refractivity contribution in [3.05, 3.63) is 0 Å². The zero-order chi connectivity index (χ0) is 15.5. The van der Waals surface area contributed by atoms with E-state index in [1.54, 1.807) is 0 Å². The van der Waals surface area contributed by atoms with Crippen LogP contribution in [0.3, 0.4) is 0 Å². The summed E-state index contributed by atoms with van der Waals surface area (Å²) in [6.45, 7) is 15.6. The second-order valence-electron chi connectivity index (χ2n) is 8.01. The van der Waals surface area contributed by atoms with E-state index in [9.17, 15) is 0 Å². The number of ether oxygens (including phenoxy) is 1. The molecule has 0 bridgehead atoms. The Hall–Kier alpha value is -0.120. The minimum absolute atomic E-state index is 0.253. The summed E-state index contributed by atoms with van der Waals surface area (Å²) < 4.78 is 6.04. The summed E-state index contributed by atoms with van der Waals surface area (Å²) >= 11 is 0. The molecule has 3 heteroatoms. The zero-order valence-electron chi connectivity index (χ0n) is 14.9. The summed E-state index contributed by atoms with van der Waals surface area (Å²) in [6, 6.07) is 1.18. The third kappa shape index (κ3) is 4.44. The highest BCUT2D eigenvalue weighted by Gasteiger charge is 2.48. The van der Waals surface area contributed by atoms with Gasteiger partial charge in [-0.3, -0.25) is 0 Å². The van der Waals surface area contributed by atoms with Crippen molar-refractivity contribution in [1.82, 2.24) is 10.2 Å². The van der Waals surface area contributed by atoms with E-state index in [0.717, 1.165) is 19.6 Å². The average Bonchev–Trinajstić information content (AvgIpc) is 2.30.